The third-order valence-electron chi connectivity index (χ3n) is 4.01. The molecular formula is C20H19N3O4S. The number of hydrogen-bond donors (Lipinski definition) is 3. The molecular weight excluding hydrogens is 378 g/mol. The summed E-state index contributed by atoms with van der Waals surface area (Å²) in [6, 6.07) is 14.8. The van der Waals surface area contributed by atoms with E-state index in [1.165, 1.54) is 0 Å². The molecule has 3 N–H and O–H groups in total. The molecule has 0 aliphatic heterocycles. The van der Waals surface area contributed by atoms with E-state index in [4.69, 9.17) is 4.74 Å². The van der Waals surface area contributed by atoms with Gasteiger partial charge in [0.15, 0.2) is 11.2 Å². The van der Waals surface area contributed by atoms with Gasteiger partial charge in [-0.05, 0) is 24.6 Å². The number of carbonyl (C=O) groups is 2. The number of rotatable bonds is 7. The minimum atomic E-state index is -1.14. The van der Waals surface area contributed by atoms with Gasteiger partial charge >= 0.3 is 5.97 Å². The van der Waals surface area contributed by atoms with Crippen molar-refractivity contribution in [3.05, 3.63) is 70.7 Å². The van der Waals surface area contributed by atoms with E-state index >= 15 is 0 Å². The number of amides is 1. The van der Waals surface area contributed by atoms with Crippen molar-refractivity contribution in [3.63, 3.8) is 0 Å². The fourth-order valence-corrected chi connectivity index (χ4v) is 3.54. The van der Waals surface area contributed by atoms with Gasteiger partial charge in [-0.25, -0.2) is 9.78 Å². The van der Waals surface area contributed by atoms with Gasteiger partial charge in [0.2, 0.25) is 0 Å². The molecule has 0 unspecified atom stereocenters. The minimum absolute atomic E-state index is 0.347. The van der Waals surface area contributed by atoms with Crippen LogP contribution in [-0.4, -0.2) is 29.1 Å². The number of nitrogens with one attached hydrogen (secondary N) is 2. The third-order valence-corrected chi connectivity index (χ3v) is 5.08. The molecule has 1 amide bonds. The molecule has 3 rings (SSSR count). The van der Waals surface area contributed by atoms with Crippen LogP contribution in [-0.2, 0) is 4.79 Å². The smallest absolute Gasteiger partial charge is 0.330 e. The first-order chi connectivity index (χ1) is 13.5. The molecule has 0 bridgehead atoms. The Labute approximate surface area is 166 Å². The second-order valence-corrected chi connectivity index (χ2v) is 6.91. The summed E-state index contributed by atoms with van der Waals surface area (Å²) in [5.74, 6) is -0.968. The van der Waals surface area contributed by atoms with Crippen LogP contribution in [0.1, 0.15) is 27.0 Å². The molecule has 8 heteroatoms. The molecule has 0 fully saturated rings. The summed E-state index contributed by atoms with van der Waals surface area (Å²) in [4.78, 5) is 29.0. The number of hydrogen-bond acceptors (Lipinski definition) is 6. The number of ether oxygens (including phenoxy) is 1. The lowest BCUT2D eigenvalue weighted by atomic mass is 10.1. The Hall–Kier alpha value is -3.39. The van der Waals surface area contributed by atoms with Crippen molar-refractivity contribution in [2.75, 3.05) is 12.4 Å². The van der Waals surface area contributed by atoms with E-state index in [2.05, 4.69) is 15.6 Å². The topological polar surface area (TPSA) is 101 Å². The molecule has 0 spiro atoms. The maximum atomic E-state index is 12.7. The number of aliphatic carboxylic acids is 1. The number of benzene rings is 2. The molecule has 144 valence electrons. The van der Waals surface area contributed by atoms with Gasteiger partial charge in [0.05, 0.1) is 18.5 Å². The second kappa shape index (κ2) is 8.53. The Bertz CT molecular complexity index is 988. The van der Waals surface area contributed by atoms with Gasteiger partial charge in [0.25, 0.3) is 5.91 Å². The fourth-order valence-electron chi connectivity index (χ4n) is 2.65. The second-order valence-electron chi connectivity index (χ2n) is 5.91. The lowest BCUT2D eigenvalue weighted by molar-refractivity contribution is -0.139. The zero-order valence-electron chi connectivity index (χ0n) is 15.3. The van der Waals surface area contributed by atoms with Crippen LogP contribution in [0.25, 0.3) is 0 Å². The number of thiazole rings is 1. The first kappa shape index (κ1) is 19.4. The van der Waals surface area contributed by atoms with Crippen molar-refractivity contribution in [1.82, 2.24) is 10.3 Å². The zero-order valence-corrected chi connectivity index (χ0v) is 16.1. The van der Waals surface area contributed by atoms with Crippen LogP contribution in [0.4, 0.5) is 10.8 Å². The molecule has 1 atom stereocenters. The standard InChI is InChI=1S/C20H19N3O4S/c1-12-17(18(24)23-16(19(25)26)13-8-4-3-5-9-13)28-20(21-12)22-14-10-6-7-11-15(14)27-2/h3-11,16H,1-2H3,(H,21,22)(H,23,24)(H,25,26)/t16-/m0/s1. The van der Waals surface area contributed by atoms with Crippen molar-refractivity contribution in [2.45, 2.75) is 13.0 Å². The molecule has 1 heterocycles. The number of para-hydroxylation sites is 2. The molecule has 28 heavy (non-hydrogen) atoms. The predicted molar refractivity (Wildman–Crippen MR) is 107 cm³/mol. The molecule has 7 nitrogen and oxygen atoms in total. The van der Waals surface area contributed by atoms with Gasteiger partial charge in [-0.2, -0.15) is 0 Å². The van der Waals surface area contributed by atoms with Crippen molar-refractivity contribution in [1.29, 1.82) is 0 Å². The average Bonchev–Trinajstić information content (AvgIpc) is 3.07. The van der Waals surface area contributed by atoms with Crippen molar-refractivity contribution in [2.24, 2.45) is 0 Å². The SMILES string of the molecule is COc1ccccc1Nc1nc(C)c(C(=O)N[C@H](C(=O)O)c2ccccc2)s1. The Morgan fingerprint density at radius 2 is 1.79 bits per heavy atom. The third kappa shape index (κ3) is 4.29. The lowest BCUT2D eigenvalue weighted by Crippen LogP contribution is -2.33. The van der Waals surface area contributed by atoms with Crippen molar-refractivity contribution in [3.8, 4) is 5.75 Å². The Balaban J connectivity index is 1.80. The summed E-state index contributed by atoms with van der Waals surface area (Å²) < 4.78 is 5.30. The number of anilines is 2. The highest BCUT2D eigenvalue weighted by atomic mass is 32.1. The summed E-state index contributed by atoms with van der Waals surface area (Å²) >= 11 is 1.15. The van der Waals surface area contributed by atoms with Crippen molar-refractivity contribution < 1.29 is 19.4 Å². The van der Waals surface area contributed by atoms with Gasteiger partial charge in [-0.3, -0.25) is 4.79 Å². The largest absolute Gasteiger partial charge is 0.495 e. The van der Waals surface area contributed by atoms with Crippen LogP contribution in [0.3, 0.4) is 0 Å². The van der Waals surface area contributed by atoms with Gasteiger partial charge in [-0.15, -0.1) is 0 Å². The number of carbonyl (C=O) groups excluding carboxylic acids is 1. The van der Waals surface area contributed by atoms with E-state index in [9.17, 15) is 14.7 Å². The summed E-state index contributed by atoms with van der Waals surface area (Å²) in [7, 11) is 1.57. The highest BCUT2D eigenvalue weighted by Gasteiger charge is 2.25. The first-order valence-corrected chi connectivity index (χ1v) is 9.27. The van der Waals surface area contributed by atoms with Crippen LogP contribution in [0.15, 0.2) is 54.6 Å². The van der Waals surface area contributed by atoms with Gasteiger partial charge < -0.3 is 20.5 Å². The summed E-state index contributed by atoms with van der Waals surface area (Å²) in [6.07, 6.45) is 0. The number of aryl methyl sites for hydroxylation is 1. The Morgan fingerprint density at radius 3 is 2.46 bits per heavy atom. The molecule has 0 saturated heterocycles. The molecule has 3 aromatic rings. The van der Waals surface area contributed by atoms with E-state index in [1.54, 1.807) is 44.4 Å². The average molecular weight is 397 g/mol. The van der Waals surface area contributed by atoms with Gasteiger partial charge in [0, 0.05) is 0 Å². The summed E-state index contributed by atoms with van der Waals surface area (Å²) in [6.45, 7) is 1.71. The number of aromatic nitrogens is 1. The van der Waals surface area contributed by atoms with Crippen LogP contribution in [0, 0.1) is 6.92 Å². The van der Waals surface area contributed by atoms with Crippen LogP contribution < -0.4 is 15.4 Å². The van der Waals surface area contributed by atoms with Gasteiger partial charge in [0.1, 0.15) is 10.6 Å². The summed E-state index contributed by atoms with van der Waals surface area (Å²) in [5, 5.41) is 15.7. The van der Waals surface area contributed by atoms with Crippen molar-refractivity contribution >= 4 is 34.0 Å². The van der Waals surface area contributed by atoms with E-state index in [1.807, 2.05) is 24.3 Å². The van der Waals surface area contributed by atoms with E-state index in [0.717, 1.165) is 17.0 Å². The molecule has 0 aliphatic rings. The number of carboxylic acids is 1. The number of nitrogens with zero attached hydrogens (tertiary/aromatic N) is 1. The van der Waals surface area contributed by atoms with Crippen LogP contribution in [0.5, 0.6) is 5.75 Å². The van der Waals surface area contributed by atoms with E-state index in [-0.39, 0.29) is 0 Å². The molecule has 0 saturated carbocycles. The highest BCUT2D eigenvalue weighted by molar-refractivity contribution is 7.17. The maximum Gasteiger partial charge on any atom is 0.330 e. The quantitative estimate of drug-likeness (QED) is 0.561. The van der Waals surface area contributed by atoms with Crippen LogP contribution >= 0.6 is 11.3 Å². The predicted octanol–water partition coefficient (Wildman–Crippen LogP) is 3.76. The van der Waals surface area contributed by atoms with Crippen LogP contribution in [0.2, 0.25) is 0 Å². The Morgan fingerprint density at radius 1 is 1.11 bits per heavy atom. The molecule has 1 aromatic heterocycles. The minimum Gasteiger partial charge on any atom is -0.495 e. The number of carboxylic acid groups (broad SMARTS) is 1. The zero-order chi connectivity index (χ0) is 20.1. The monoisotopic (exact) mass is 397 g/mol. The Kier molecular flexibility index (Phi) is 5.90. The summed E-state index contributed by atoms with van der Waals surface area (Å²) in [5.41, 5.74) is 1.73. The highest BCUT2D eigenvalue weighted by Crippen LogP contribution is 2.31. The molecule has 2 aromatic carbocycles. The van der Waals surface area contributed by atoms with E-state index < -0.39 is 17.9 Å². The molecule has 0 aliphatic carbocycles. The fraction of sp³-hybridized carbons (Fsp3) is 0.150. The first-order valence-electron chi connectivity index (χ1n) is 8.45. The van der Waals surface area contributed by atoms with E-state index in [0.29, 0.717) is 27.0 Å². The number of methoxy groups -OCH3 is 1. The maximum absolute atomic E-state index is 12.7. The normalized spacial score (nSPS) is 11.5. The lowest BCUT2D eigenvalue weighted by Gasteiger charge is -2.14. The van der Waals surface area contributed by atoms with Gasteiger partial charge in [-0.1, -0.05) is 53.8 Å². The molecule has 0 radical (unpaired) electrons.